The van der Waals surface area contributed by atoms with Crippen molar-refractivity contribution in [1.82, 2.24) is 4.90 Å². The second-order valence-electron chi connectivity index (χ2n) is 8.72. The topological polar surface area (TPSA) is 78.7 Å². The van der Waals surface area contributed by atoms with Gasteiger partial charge in [-0.05, 0) is 54.7 Å². The summed E-state index contributed by atoms with van der Waals surface area (Å²) in [7, 11) is 0. The van der Waals surface area contributed by atoms with E-state index in [9.17, 15) is 9.59 Å². The van der Waals surface area contributed by atoms with Gasteiger partial charge in [0.25, 0.3) is 0 Å². The second-order valence-corrected chi connectivity index (χ2v) is 8.72. The van der Waals surface area contributed by atoms with Crippen molar-refractivity contribution in [2.45, 2.75) is 45.2 Å². The number of nitrogens with one attached hydrogen (secondary N) is 1. The molecule has 32 heavy (non-hydrogen) atoms. The molecule has 4 rings (SSSR count). The van der Waals surface area contributed by atoms with E-state index in [0.717, 1.165) is 37.3 Å². The first-order valence-electron chi connectivity index (χ1n) is 11.4. The lowest BCUT2D eigenvalue weighted by Gasteiger charge is -2.40. The van der Waals surface area contributed by atoms with Gasteiger partial charge in [0.05, 0.1) is 12.6 Å². The van der Waals surface area contributed by atoms with Crippen molar-refractivity contribution in [2.24, 2.45) is 5.73 Å². The van der Waals surface area contributed by atoms with E-state index in [2.05, 4.69) is 53.5 Å². The Morgan fingerprint density at radius 1 is 1.12 bits per heavy atom. The van der Waals surface area contributed by atoms with Crippen LogP contribution in [-0.2, 0) is 9.59 Å². The average Bonchev–Trinajstić information content (AvgIpc) is 2.79. The molecular formula is C26H32N4O2. The van der Waals surface area contributed by atoms with Gasteiger partial charge in [-0.3, -0.25) is 14.5 Å². The lowest BCUT2D eigenvalue weighted by atomic mass is 9.91. The maximum absolute atomic E-state index is 12.5. The monoisotopic (exact) mass is 432 g/mol. The van der Waals surface area contributed by atoms with Crippen molar-refractivity contribution in [2.75, 3.05) is 29.9 Å². The molecule has 2 amide bonds. The number of nitrogens with zero attached hydrogens (tertiary/aromatic N) is 2. The predicted octanol–water partition coefficient (Wildman–Crippen LogP) is 3.95. The van der Waals surface area contributed by atoms with Crippen LogP contribution in [0.15, 0.2) is 54.6 Å². The summed E-state index contributed by atoms with van der Waals surface area (Å²) in [5.74, 6) is -0.110. The summed E-state index contributed by atoms with van der Waals surface area (Å²) in [5.41, 5.74) is 11.1. The van der Waals surface area contributed by atoms with E-state index in [1.165, 1.54) is 16.7 Å². The van der Waals surface area contributed by atoms with Crippen LogP contribution < -0.4 is 16.0 Å². The Labute approximate surface area is 190 Å². The fourth-order valence-corrected chi connectivity index (χ4v) is 4.82. The van der Waals surface area contributed by atoms with Crippen LogP contribution in [0.4, 0.5) is 11.4 Å². The molecule has 0 saturated carbocycles. The number of carbonyl (C=O) groups excluding carboxylic acids is 2. The number of anilines is 2. The SMILES string of the molecule is CCC(=O)N1c2ccccc2[C@H](Nc2ccc(C3=CCN(CC(N)=O)CC3)cc2)C[C@@H]1C. The van der Waals surface area contributed by atoms with Crippen LogP contribution in [-0.4, -0.2) is 42.4 Å². The highest BCUT2D eigenvalue weighted by Crippen LogP contribution is 2.39. The van der Waals surface area contributed by atoms with Crippen LogP contribution in [0.1, 0.15) is 50.3 Å². The summed E-state index contributed by atoms with van der Waals surface area (Å²) < 4.78 is 0. The highest BCUT2D eigenvalue weighted by atomic mass is 16.2. The standard InChI is InChI=1S/C26H32N4O2/c1-3-26(32)30-18(2)16-23(22-6-4-5-7-24(22)30)28-21-10-8-19(9-11-21)20-12-14-29(15-13-20)17-25(27)31/h4-12,18,23,28H,3,13-17H2,1-2H3,(H2,27,31)/t18-,23+/m0/s1. The number of nitrogens with two attached hydrogens (primary N) is 1. The van der Waals surface area contributed by atoms with Gasteiger partial charge in [-0.1, -0.05) is 43.3 Å². The van der Waals surface area contributed by atoms with E-state index < -0.39 is 0 Å². The Morgan fingerprint density at radius 3 is 2.53 bits per heavy atom. The molecule has 0 aliphatic carbocycles. The zero-order chi connectivity index (χ0) is 22.7. The Morgan fingerprint density at radius 2 is 1.88 bits per heavy atom. The van der Waals surface area contributed by atoms with E-state index in [-0.39, 0.29) is 23.9 Å². The van der Waals surface area contributed by atoms with Gasteiger partial charge in [0.2, 0.25) is 11.8 Å². The fraction of sp³-hybridized carbons (Fsp3) is 0.385. The van der Waals surface area contributed by atoms with Crippen LogP contribution in [0.5, 0.6) is 0 Å². The van der Waals surface area contributed by atoms with E-state index in [4.69, 9.17) is 5.73 Å². The van der Waals surface area contributed by atoms with Gasteiger partial charge in [0.1, 0.15) is 0 Å². The smallest absolute Gasteiger partial charge is 0.231 e. The number of primary amides is 1. The van der Waals surface area contributed by atoms with E-state index >= 15 is 0 Å². The van der Waals surface area contributed by atoms with Crippen molar-refractivity contribution >= 4 is 28.8 Å². The molecule has 0 fully saturated rings. The zero-order valence-corrected chi connectivity index (χ0v) is 18.9. The van der Waals surface area contributed by atoms with Gasteiger partial charge in [0.15, 0.2) is 0 Å². The molecule has 6 heteroatoms. The third-order valence-electron chi connectivity index (χ3n) is 6.43. The van der Waals surface area contributed by atoms with Crippen LogP contribution in [0, 0.1) is 0 Å². The first-order valence-corrected chi connectivity index (χ1v) is 11.4. The molecule has 0 bridgehead atoms. The summed E-state index contributed by atoms with van der Waals surface area (Å²) in [6.07, 6.45) is 4.47. The first-order chi connectivity index (χ1) is 15.5. The number of benzene rings is 2. The number of hydrogen-bond acceptors (Lipinski definition) is 4. The highest BCUT2D eigenvalue weighted by molar-refractivity contribution is 5.95. The molecule has 2 aromatic rings. The summed E-state index contributed by atoms with van der Waals surface area (Å²) in [4.78, 5) is 27.7. The zero-order valence-electron chi connectivity index (χ0n) is 18.9. The summed E-state index contributed by atoms with van der Waals surface area (Å²) >= 11 is 0. The number of rotatable bonds is 6. The van der Waals surface area contributed by atoms with Gasteiger partial charge < -0.3 is 16.0 Å². The largest absolute Gasteiger partial charge is 0.378 e. The summed E-state index contributed by atoms with van der Waals surface area (Å²) in [6.45, 7) is 5.95. The molecule has 2 aliphatic heterocycles. The lowest BCUT2D eigenvalue weighted by molar-refractivity contribution is -0.119. The quantitative estimate of drug-likeness (QED) is 0.725. The van der Waals surface area contributed by atoms with Crippen molar-refractivity contribution < 1.29 is 9.59 Å². The molecule has 0 unspecified atom stereocenters. The van der Waals surface area contributed by atoms with Crippen molar-refractivity contribution in [3.05, 3.63) is 65.7 Å². The molecule has 0 spiro atoms. The third kappa shape index (κ3) is 4.70. The van der Waals surface area contributed by atoms with E-state index in [0.29, 0.717) is 13.0 Å². The third-order valence-corrected chi connectivity index (χ3v) is 6.43. The summed E-state index contributed by atoms with van der Waals surface area (Å²) in [6, 6.07) is 17.1. The highest BCUT2D eigenvalue weighted by Gasteiger charge is 2.32. The molecule has 2 heterocycles. The van der Waals surface area contributed by atoms with Gasteiger partial charge in [-0.2, -0.15) is 0 Å². The fourth-order valence-electron chi connectivity index (χ4n) is 4.82. The van der Waals surface area contributed by atoms with Gasteiger partial charge in [0, 0.05) is 36.9 Å². The molecule has 0 radical (unpaired) electrons. The number of amides is 2. The van der Waals surface area contributed by atoms with Gasteiger partial charge in [-0.15, -0.1) is 0 Å². The van der Waals surface area contributed by atoms with Crippen LogP contribution in [0.25, 0.3) is 5.57 Å². The maximum Gasteiger partial charge on any atom is 0.231 e. The summed E-state index contributed by atoms with van der Waals surface area (Å²) in [5, 5.41) is 3.69. The van der Waals surface area contributed by atoms with Crippen LogP contribution >= 0.6 is 0 Å². The molecule has 2 aliphatic rings. The number of para-hydroxylation sites is 1. The lowest BCUT2D eigenvalue weighted by Crippen LogP contribution is -2.44. The molecule has 3 N–H and O–H groups in total. The Hall–Kier alpha value is -3.12. The van der Waals surface area contributed by atoms with Crippen molar-refractivity contribution in [1.29, 1.82) is 0 Å². The minimum Gasteiger partial charge on any atom is -0.378 e. The van der Waals surface area contributed by atoms with Crippen molar-refractivity contribution in [3.63, 3.8) is 0 Å². The minimum absolute atomic E-state index is 0.143. The normalized spacial score (nSPS) is 20.9. The number of fused-ring (bicyclic) bond motifs is 1. The molecule has 0 saturated heterocycles. The Kier molecular flexibility index (Phi) is 6.61. The molecule has 6 nitrogen and oxygen atoms in total. The van der Waals surface area contributed by atoms with Gasteiger partial charge in [-0.25, -0.2) is 0 Å². The number of hydrogen-bond donors (Lipinski definition) is 2. The molecule has 2 aromatic carbocycles. The predicted molar refractivity (Wildman–Crippen MR) is 129 cm³/mol. The molecular weight excluding hydrogens is 400 g/mol. The van der Waals surface area contributed by atoms with E-state index in [1.54, 1.807) is 0 Å². The van der Waals surface area contributed by atoms with Crippen LogP contribution in [0.2, 0.25) is 0 Å². The number of carbonyl (C=O) groups is 2. The Bertz CT molecular complexity index is 1010. The maximum atomic E-state index is 12.5. The van der Waals surface area contributed by atoms with Crippen LogP contribution in [0.3, 0.4) is 0 Å². The minimum atomic E-state index is -0.280. The molecule has 2 atom stereocenters. The van der Waals surface area contributed by atoms with Crippen molar-refractivity contribution in [3.8, 4) is 0 Å². The molecule has 0 aromatic heterocycles. The second kappa shape index (κ2) is 9.57. The van der Waals surface area contributed by atoms with Gasteiger partial charge >= 0.3 is 0 Å². The van der Waals surface area contributed by atoms with E-state index in [1.807, 2.05) is 30.0 Å². The Balaban J connectivity index is 1.47. The molecule has 168 valence electrons. The average molecular weight is 433 g/mol. The first kappa shape index (κ1) is 22.1.